The van der Waals surface area contributed by atoms with E-state index >= 15 is 0 Å². The molecule has 1 N–H and O–H groups in total. The third-order valence-corrected chi connectivity index (χ3v) is 4.18. The van der Waals surface area contributed by atoms with Gasteiger partial charge in [-0.2, -0.15) is 0 Å². The predicted octanol–water partition coefficient (Wildman–Crippen LogP) is 4.26. The summed E-state index contributed by atoms with van der Waals surface area (Å²) in [6, 6.07) is 16.7. The number of H-pyrrole nitrogens is 1. The quantitative estimate of drug-likeness (QED) is 0.447. The van der Waals surface area contributed by atoms with E-state index < -0.39 is 5.97 Å². The molecule has 0 fully saturated rings. The van der Waals surface area contributed by atoms with Crippen LogP contribution in [0.2, 0.25) is 0 Å². The van der Waals surface area contributed by atoms with Crippen LogP contribution in [0.1, 0.15) is 26.6 Å². The molecule has 2 aromatic heterocycles. The molecule has 2 aromatic carbocycles. The lowest BCUT2D eigenvalue weighted by atomic mass is 10.1. The fraction of sp³-hybridized carbons (Fsp3) is 0.100. The highest BCUT2D eigenvalue weighted by molar-refractivity contribution is 6.02. The van der Waals surface area contributed by atoms with E-state index in [1.54, 1.807) is 12.1 Å². The molecule has 0 saturated heterocycles. The molecule has 5 heteroatoms. The summed E-state index contributed by atoms with van der Waals surface area (Å²) in [6.07, 6.45) is 0. The Labute approximate surface area is 143 Å². The number of furan rings is 1. The summed E-state index contributed by atoms with van der Waals surface area (Å²) in [5, 5.41) is 1.79. The number of nitrogens with one attached hydrogen (secondary N) is 1. The highest BCUT2D eigenvalue weighted by Crippen LogP contribution is 2.25. The first-order valence-electron chi connectivity index (χ1n) is 7.89. The van der Waals surface area contributed by atoms with Crippen molar-refractivity contribution in [1.29, 1.82) is 0 Å². The Morgan fingerprint density at radius 3 is 2.64 bits per heavy atom. The van der Waals surface area contributed by atoms with Crippen molar-refractivity contribution in [3.63, 3.8) is 0 Å². The number of hydrogen-bond donors (Lipinski definition) is 1. The summed E-state index contributed by atoms with van der Waals surface area (Å²) < 4.78 is 10.7. The third kappa shape index (κ3) is 2.70. The summed E-state index contributed by atoms with van der Waals surface area (Å²) >= 11 is 0. The van der Waals surface area contributed by atoms with Crippen LogP contribution in [0.5, 0.6) is 0 Å². The van der Waals surface area contributed by atoms with E-state index in [4.69, 9.17) is 9.15 Å². The number of ether oxygens (including phenoxy) is 1. The molecule has 25 heavy (non-hydrogen) atoms. The number of fused-ring (bicyclic) bond motifs is 2. The second-order valence-electron chi connectivity index (χ2n) is 5.82. The van der Waals surface area contributed by atoms with E-state index in [0.717, 1.165) is 21.9 Å². The number of rotatable bonds is 4. The summed E-state index contributed by atoms with van der Waals surface area (Å²) in [6.45, 7) is 1.45. The molecule has 124 valence electrons. The normalized spacial score (nSPS) is 11.1. The Hall–Kier alpha value is -3.34. The second-order valence-corrected chi connectivity index (χ2v) is 5.82. The van der Waals surface area contributed by atoms with Gasteiger partial charge in [0.05, 0.1) is 0 Å². The number of aryl methyl sites for hydroxylation is 1. The number of aromatic amines is 1. The molecule has 0 aliphatic carbocycles. The molecule has 0 bridgehead atoms. The molecule has 0 unspecified atom stereocenters. The number of carbonyl (C=O) groups excluding carboxylic acids is 2. The van der Waals surface area contributed by atoms with Gasteiger partial charge < -0.3 is 14.1 Å². The average Bonchev–Trinajstić information content (AvgIpc) is 3.21. The largest absolute Gasteiger partial charge is 0.453 e. The Morgan fingerprint density at radius 1 is 1.08 bits per heavy atom. The van der Waals surface area contributed by atoms with Gasteiger partial charge in [0.25, 0.3) is 0 Å². The number of esters is 1. The fourth-order valence-corrected chi connectivity index (χ4v) is 2.90. The molecule has 2 heterocycles. The number of carbonyl (C=O) groups is 2. The minimum atomic E-state index is -0.571. The van der Waals surface area contributed by atoms with Crippen LogP contribution in [0.15, 0.2) is 59.0 Å². The van der Waals surface area contributed by atoms with Crippen molar-refractivity contribution in [3.05, 3.63) is 71.6 Å². The molecular weight excluding hydrogens is 318 g/mol. The van der Waals surface area contributed by atoms with E-state index in [1.165, 1.54) is 0 Å². The van der Waals surface area contributed by atoms with Crippen molar-refractivity contribution in [2.24, 2.45) is 0 Å². The Kier molecular flexibility index (Phi) is 3.61. The Balaban J connectivity index is 1.50. The number of hydrogen-bond acceptors (Lipinski definition) is 4. The molecule has 0 saturated carbocycles. The lowest BCUT2D eigenvalue weighted by Gasteiger charge is -2.01. The highest BCUT2D eigenvalue weighted by atomic mass is 16.5. The Bertz CT molecular complexity index is 1070. The first-order chi connectivity index (χ1) is 12.1. The number of benzene rings is 2. The molecule has 4 rings (SSSR count). The van der Waals surface area contributed by atoms with Crippen LogP contribution in [0.4, 0.5) is 0 Å². The van der Waals surface area contributed by atoms with Gasteiger partial charge in [-0.15, -0.1) is 0 Å². The maximum Gasteiger partial charge on any atom is 0.355 e. The second kappa shape index (κ2) is 5.94. The van der Waals surface area contributed by atoms with Gasteiger partial charge in [0, 0.05) is 21.9 Å². The predicted molar refractivity (Wildman–Crippen MR) is 93.9 cm³/mol. The molecule has 0 radical (unpaired) electrons. The van der Waals surface area contributed by atoms with Crippen LogP contribution in [0.3, 0.4) is 0 Å². The monoisotopic (exact) mass is 333 g/mol. The molecule has 0 spiro atoms. The standard InChI is InChI=1S/C20H15NO4/c1-12-14-7-3-5-9-18(14)25-19(12)17(22)11-24-20(23)16-10-13-6-2-4-8-15(13)21-16/h2-10,21H,11H2,1H3. The third-order valence-electron chi connectivity index (χ3n) is 4.18. The smallest absolute Gasteiger partial charge is 0.355 e. The summed E-state index contributed by atoms with van der Waals surface area (Å²) in [7, 11) is 0. The van der Waals surface area contributed by atoms with Crippen molar-refractivity contribution >= 4 is 33.6 Å². The van der Waals surface area contributed by atoms with Gasteiger partial charge in [-0.25, -0.2) is 4.79 Å². The van der Waals surface area contributed by atoms with Crippen LogP contribution in [-0.4, -0.2) is 23.3 Å². The van der Waals surface area contributed by atoms with E-state index in [-0.39, 0.29) is 18.2 Å². The van der Waals surface area contributed by atoms with Crippen LogP contribution >= 0.6 is 0 Å². The number of para-hydroxylation sites is 2. The van der Waals surface area contributed by atoms with Gasteiger partial charge in [-0.3, -0.25) is 4.79 Å². The van der Waals surface area contributed by atoms with Crippen molar-refractivity contribution in [2.75, 3.05) is 6.61 Å². The van der Waals surface area contributed by atoms with Gasteiger partial charge in [0.15, 0.2) is 12.4 Å². The number of Topliss-reactive ketones (excluding diaryl/α,β-unsaturated/α-hetero) is 1. The zero-order chi connectivity index (χ0) is 17.4. The molecule has 5 nitrogen and oxygen atoms in total. The molecule has 0 atom stereocenters. The summed E-state index contributed by atoms with van der Waals surface area (Å²) in [5.41, 5.74) is 2.55. The maximum atomic E-state index is 12.4. The highest BCUT2D eigenvalue weighted by Gasteiger charge is 2.20. The first-order valence-corrected chi connectivity index (χ1v) is 7.89. The minimum absolute atomic E-state index is 0.227. The van der Waals surface area contributed by atoms with Gasteiger partial charge in [-0.05, 0) is 25.1 Å². The van der Waals surface area contributed by atoms with Crippen LogP contribution in [-0.2, 0) is 4.74 Å². The first kappa shape index (κ1) is 15.2. The molecule has 4 aromatic rings. The summed E-state index contributed by atoms with van der Waals surface area (Å²) in [5.74, 6) is -0.706. The van der Waals surface area contributed by atoms with Gasteiger partial charge in [0.1, 0.15) is 11.3 Å². The molecule has 0 aliphatic heterocycles. The lowest BCUT2D eigenvalue weighted by Crippen LogP contribution is -2.14. The topological polar surface area (TPSA) is 72.3 Å². The van der Waals surface area contributed by atoms with Gasteiger partial charge >= 0.3 is 5.97 Å². The Morgan fingerprint density at radius 2 is 1.84 bits per heavy atom. The van der Waals surface area contributed by atoms with Crippen LogP contribution < -0.4 is 0 Å². The van der Waals surface area contributed by atoms with Crippen molar-refractivity contribution in [3.8, 4) is 0 Å². The van der Waals surface area contributed by atoms with Crippen LogP contribution in [0, 0.1) is 6.92 Å². The SMILES string of the molecule is Cc1c(C(=O)COC(=O)c2cc3ccccc3[nH]2)oc2ccccc12. The van der Waals surface area contributed by atoms with Gasteiger partial charge in [-0.1, -0.05) is 36.4 Å². The lowest BCUT2D eigenvalue weighted by molar-refractivity contribution is 0.0463. The van der Waals surface area contributed by atoms with E-state index in [0.29, 0.717) is 11.3 Å². The number of aromatic nitrogens is 1. The van der Waals surface area contributed by atoms with Crippen molar-refractivity contribution in [1.82, 2.24) is 4.98 Å². The number of ketones is 1. The molecular formula is C20H15NO4. The summed E-state index contributed by atoms with van der Waals surface area (Å²) in [4.78, 5) is 27.5. The zero-order valence-corrected chi connectivity index (χ0v) is 13.5. The minimum Gasteiger partial charge on any atom is -0.453 e. The molecule has 0 aliphatic rings. The maximum absolute atomic E-state index is 12.4. The average molecular weight is 333 g/mol. The van der Waals surface area contributed by atoms with Gasteiger partial charge in [0.2, 0.25) is 5.78 Å². The zero-order valence-electron chi connectivity index (χ0n) is 13.5. The molecule has 0 amide bonds. The van der Waals surface area contributed by atoms with Crippen LogP contribution in [0.25, 0.3) is 21.9 Å². The van der Waals surface area contributed by atoms with E-state index in [1.807, 2.05) is 49.4 Å². The van der Waals surface area contributed by atoms with E-state index in [2.05, 4.69) is 4.98 Å². The van der Waals surface area contributed by atoms with Crippen molar-refractivity contribution in [2.45, 2.75) is 6.92 Å². The van der Waals surface area contributed by atoms with Crippen molar-refractivity contribution < 1.29 is 18.7 Å². The fourth-order valence-electron chi connectivity index (χ4n) is 2.90. The van der Waals surface area contributed by atoms with E-state index in [9.17, 15) is 9.59 Å².